The first-order valence-corrected chi connectivity index (χ1v) is 6.98. The van der Waals surface area contributed by atoms with Gasteiger partial charge in [-0.2, -0.15) is 0 Å². The Bertz CT molecular complexity index is 645. The highest BCUT2D eigenvalue weighted by Gasteiger charge is 2.23. The van der Waals surface area contributed by atoms with Crippen molar-refractivity contribution < 1.29 is 13.6 Å². The van der Waals surface area contributed by atoms with Crippen molar-refractivity contribution in [3.05, 3.63) is 48.0 Å². The molecule has 4 nitrogen and oxygen atoms in total. The van der Waals surface area contributed by atoms with E-state index in [1.165, 1.54) is 6.07 Å². The molecule has 0 saturated carbocycles. The monoisotopic (exact) mass is 288 g/mol. The minimum absolute atomic E-state index is 0.134. The number of rotatable bonds is 2. The van der Waals surface area contributed by atoms with E-state index in [-0.39, 0.29) is 17.5 Å². The maximum Gasteiger partial charge on any atom is 0.289 e. The number of benzene rings is 1. The fraction of sp³-hybridized carbons (Fsp3) is 0.312. The first-order valence-electron chi connectivity index (χ1n) is 6.98. The van der Waals surface area contributed by atoms with Gasteiger partial charge in [-0.3, -0.25) is 4.79 Å². The predicted molar refractivity (Wildman–Crippen MR) is 77.5 cm³/mol. The lowest BCUT2D eigenvalue weighted by atomic mass is 10.1. The highest BCUT2D eigenvalue weighted by molar-refractivity contribution is 5.92. The van der Waals surface area contributed by atoms with Gasteiger partial charge >= 0.3 is 0 Å². The lowest BCUT2D eigenvalue weighted by Crippen LogP contribution is -2.47. The number of amides is 1. The van der Waals surface area contributed by atoms with Gasteiger partial charge in [0.15, 0.2) is 5.76 Å². The lowest BCUT2D eigenvalue weighted by molar-refractivity contribution is 0.0633. The summed E-state index contributed by atoms with van der Waals surface area (Å²) < 4.78 is 19.3. The molecule has 3 rings (SSSR count). The molecular formula is C16H17FN2O2. The summed E-state index contributed by atoms with van der Waals surface area (Å²) in [5.41, 5.74) is 0.370. The zero-order valence-electron chi connectivity index (χ0n) is 11.9. The average molecular weight is 288 g/mol. The van der Waals surface area contributed by atoms with Crippen LogP contribution in [0.4, 0.5) is 4.39 Å². The van der Waals surface area contributed by atoms with E-state index < -0.39 is 0 Å². The van der Waals surface area contributed by atoms with E-state index in [1.54, 1.807) is 35.2 Å². The van der Waals surface area contributed by atoms with Crippen molar-refractivity contribution in [1.82, 2.24) is 9.80 Å². The standard InChI is InChI=1S/C16H17FN2O2/c1-18-8-10-19(11-9-18)16(20)15-7-6-14(21-15)12-4-2-3-5-13(12)17/h2-7H,8-11H2,1H3. The van der Waals surface area contributed by atoms with Crippen LogP contribution in [-0.4, -0.2) is 48.9 Å². The number of halogens is 1. The second kappa shape index (κ2) is 5.69. The van der Waals surface area contributed by atoms with Gasteiger partial charge in [0.25, 0.3) is 5.91 Å². The van der Waals surface area contributed by atoms with E-state index in [0.717, 1.165) is 13.1 Å². The highest BCUT2D eigenvalue weighted by atomic mass is 19.1. The molecule has 0 aliphatic carbocycles. The van der Waals surface area contributed by atoms with Gasteiger partial charge in [-0.05, 0) is 31.3 Å². The van der Waals surface area contributed by atoms with Gasteiger partial charge in [-0.1, -0.05) is 12.1 Å². The molecule has 0 radical (unpaired) electrons. The molecule has 1 aliphatic rings. The van der Waals surface area contributed by atoms with Gasteiger partial charge < -0.3 is 14.2 Å². The molecule has 1 amide bonds. The molecule has 1 saturated heterocycles. The number of furan rings is 1. The van der Waals surface area contributed by atoms with Gasteiger partial charge in [0, 0.05) is 26.2 Å². The van der Waals surface area contributed by atoms with Crippen LogP contribution in [0.2, 0.25) is 0 Å². The molecular weight excluding hydrogens is 271 g/mol. The van der Waals surface area contributed by atoms with Gasteiger partial charge in [-0.15, -0.1) is 0 Å². The first-order chi connectivity index (χ1) is 10.1. The fourth-order valence-electron chi connectivity index (χ4n) is 2.42. The van der Waals surface area contributed by atoms with Gasteiger partial charge in [0.1, 0.15) is 11.6 Å². The second-order valence-corrected chi connectivity index (χ2v) is 5.24. The summed E-state index contributed by atoms with van der Waals surface area (Å²) in [6.07, 6.45) is 0. The van der Waals surface area contributed by atoms with Crippen LogP contribution < -0.4 is 0 Å². The molecule has 1 aromatic heterocycles. The van der Waals surface area contributed by atoms with E-state index in [0.29, 0.717) is 24.4 Å². The van der Waals surface area contributed by atoms with Crippen LogP contribution in [0.15, 0.2) is 40.8 Å². The zero-order chi connectivity index (χ0) is 14.8. The first kappa shape index (κ1) is 13.8. The molecule has 21 heavy (non-hydrogen) atoms. The van der Waals surface area contributed by atoms with Crippen LogP contribution in [-0.2, 0) is 0 Å². The third-order valence-electron chi connectivity index (χ3n) is 3.75. The molecule has 110 valence electrons. The summed E-state index contributed by atoms with van der Waals surface area (Å²) in [5, 5.41) is 0. The normalized spacial score (nSPS) is 16.2. The number of hydrogen-bond donors (Lipinski definition) is 0. The maximum absolute atomic E-state index is 13.7. The summed E-state index contributed by atoms with van der Waals surface area (Å²) in [6.45, 7) is 3.08. The van der Waals surface area contributed by atoms with Crippen LogP contribution in [0, 0.1) is 5.82 Å². The van der Waals surface area contributed by atoms with E-state index in [9.17, 15) is 9.18 Å². The van der Waals surface area contributed by atoms with E-state index in [2.05, 4.69) is 4.90 Å². The Morgan fingerprint density at radius 3 is 2.52 bits per heavy atom. The van der Waals surface area contributed by atoms with Gasteiger partial charge in [0.2, 0.25) is 0 Å². The molecule has 1 aromatic carbocycles. The summed E-state index contributed by atoms with van der Waals surface area (Å²) >= 11 is 0. The Kier molecular flexibility index (Phi) is 3.75. The van der Waals surface area contributed by atoms with Gasteiger partial charge in [-0.25, -0.2) is 4.39 Å². The lowest BCUT2D eigenvalue weighted by Gasteiger charge is -2.31. The Balaban J connectivity index is 1.79. The Labute approximate surface area is 122 Å². The van der Waals surface area contributed by atoms with Crippen molar-refractivity contribution >= 4 is 5.91 Å². The Hall–Kier alpha value is -2.14. The minimum Gasteiger partial charge on any atom is -0.451 e. The SMILES string of the molecule is CN1CCN(C(=O)c2ccc(-c3ccccc3F)o2)CC1. The zero-order valence-corrected chi connectivity index (χ0v) is 11.9. The highest BCUT2D eigenvalue weighted by Crippen LogP contribution is 2.25. The number of likely N-dealkylation sites (N-methyl/N-ethyl adjacent to an activating group) is 1. The molecule has 0 N–H and O–H groups in total. The quantitative estimate of drug-likeness (QED) is 0.852. The number of nitrogens with zero attached hydrogens (tertiary/aromatic N) is 2. The number of piperazine rings is 1. The summed E-state index contributed by atoms with van der Waals surface area (Å²) in [5.74, 6) is 0.152. The smallest absolute Gasteiger partial charge is 0.289 e. The van der Waals surface area contributed by atoms with Crippen LogP contribution in [0.5, 0.6) is 0 Å². The van der Waals surface area contributed by atoms with E-state index in [1.807, 2.05) is 7.05 Å². The van der Waals surface area contributed by atoms with E-state index in [4.69, 9.17) is 4.42 Å². The van der Waals surface area contributed by atoms with Crippen LogP contribution >= 0.6 is 0 Å². The van der Waals surface area contributed by atoms with Crippen molar-refractivity contribution in [2.24, 2.45) is 0 Å². The average Bonchev–Trinajstić information content (AvgIpc) is 2.97. The third-order valence-corrected chi connectivity index (χ3v) is 3.75. The van der Waals surface area contributed by atoms with Crippen molar-refractivity contribution in [1.29, 1.82) is 0 Å². The van der Waals surface area contributed by atoms with Crippen molar-refractivity contribution in [2.45, 2.75) is 0 Å². The molecule has 0 spiro atoms. The predicted octanol–water partition coefficient (Wildman–Crippen LogP) is 2.47. The summed E-state index contributed by atoms with van der Waals surface area (Å²) in [4.78, 5) is 16.3. The molecule has 2 aromatic rings. The van der Waals surface area contributed by atoms with Gasteiger partial charge in [0.05, 0.1) is 5.56 Å². The molecule has 0 atom stereocenters. The maximum atomic E-state index is 13.7. The van der Waals surface area contributed by atoms with E-state index >= 15 is 0 Å². The molecule has 1 fully saturated rings. The third kappa shape index (κ3) is 2.83. The van der Waals surface area contributed by atoms with Crippen molar-refractivity contribution in [2.75, 3.05) is 33.2 Å². The number of carbonyl (C=O) groups is 1. The molecule has 5 heteroatoms. The summed E-state index contributed by atoms with van der Waals surface area (Å²) in [7, 11) is 2.03. The number of carbonyl (C=O) groups excluding carboxylic acids is 1. The molecule has 1 aliphatic heterocycles. The molecule has 2 heterocycles. The van der Waals surface area contributed by atoms with Crippen molar-refractivity contribution in [3.8, 4) is 11.3 Å². The fourth-order valence-corrected chi connectivity index (χ4v) is 2.42. The Morgan fingerprint density at radius 2 is 1.81 bits per heavy atom. The second-order valence-electron chi connectivity index (χ2n) is 5.24. The number of hydrogen-bond acceptors (Lipinski definition) is 3. The molecule has 0 unspecified atom stereocenters. The van der Waals surface area contributed by atoms with Crippen LogP contribution in [0.25, 0.3) is 11.3 Å². The van der Waals surface area contributed by atoms with Crippen LogP contribution in [0.3, 0.4) is 0 Å². The summed E-state index contributed by atoms with van der Waals surface area (Å²) in [6, 6.07) is 9.63. The largest absolute Gasteiger partial charge is 0.451 e. The minimum atomic E-state index is -0.356. The van der Waals surface area contributed by atoms with Crippen LogP contribution in [0.1, 0.15) is 10.6 Å². The van der Waals surface area contributed by atoms with Crippen molar-refractivity contribution in [3.63, 3.8) is 0 Å². The topological polar surface area (TPSA) is 36.7 Å². The molecule has 0 bridgehead atoms. The Morgan fingerprint density at radius 1 is 1.10 bits per heavy atom.